The van der Waals surface area contributed by atoms with Gasteiger partial charge in [0.05, 0.1) is 12.0 Å². The lowest BCUT2D eigenvalue weighted by Crippen LogP contribution is -2.57. The Kier molecular flexibility index (Phi) is 5.07. The number of rotatable bonds is 4. The maximum Gasteiger partial charge on any atom is 0.269 e. The van der Waals surface area contributed by atoms with Crippen molar-refractivity contribution in [2.45, 2.75) is 13.0 Å². The molecule has 3 rings (SSSR count). The van der Waals surface area contributed by atoms with Crippen molar-refractivity contribution < 1.29 is 19.2 Å². The van der Waals surface area contributed by atoms with Crippen molar-refractivity contribution in [1.82, 2.24) is 4.90 Å². The van der Waals surface area contributed by atoms with E-state index in [-0.39, 0.29) is 17.5 Å². The Morgan fingerprint density at radius 3 is 2.52 bits per heavy atom. The van der Waals surface area contributed by atoms with Crippen LogP contribution in [0.3, 0.4) is 0 Å². The van der Waals surface area contributed by atoms with Gasteiger partial charge in [0.1, 0.15) is 11.8 Å². The molecule has 1 heterocycles. The summed E-state index contributed by atoms with van der Waals surface area (Å²) >= 11 is 0. The number of nitrogens with zero attached hydrogens (tertiary/aromatic N) is 3. The van der Waals surface area contributed by atoms with E-state index in [1.165, 1.54) is 24.1 Å². The quantitative estimate of drug-likeness (QED) is 0.610. The van der Waals surface area contributed by atoms with E-state index in [1.807, 2.05) is 0 Å². The van der Waals surface area contributed by atoms with Crippen molar-refractivity contribution in [1.29, 1.82) is 0 Å². The molecule has 1 aliphatic heterocycles. The minimum absolute atomic E-state index is 0.0360. The van der Waals surface area contributed by atoms with Crippen molar-refractivity contribution in [2.75, 3.05) is 25.1 Å². The van der Waals surface area contributed by atoms with Crippen molar-refractivity contribution in [3.63, 3.8) is 0 Å². The second-order valence-corrected chi connectivity index (χ2v) is 6.17. The highest BCUT2D eigenvalue weighted by atomic mass is 16.6. The number of hydrogen-bond acceptors (Lipinski definition) is 5. The van der Waals surface area contributed by atoms with E-state index >= 15 is 0 Å². The van der Waals surface area contributed by atoms with Crippen LogP contribution >= 0.6 is 0 Å². The minimum Gasteiger partial charge on any atom is -0.497 e. The van der Waals surface area contributed by atoms with Gasteiger partial charge in [0.2, 0.25) is 5.91 Å². The van der Waals surface area contributed by atoms with Gasteiger partial charge < -0.3 is 14.5 Å². The highest BCUT2D eigenvalue weighted by Gasteiger charge is 2.35. The van der Waals surface area contributed by atoms with Crippen LogP contribution < -0.4 is 9.64 Å². The smallest absolute Gasteiger partial charge is 0.269 e. The molecule has 2 amide bonds. The van der Waals surface area contributed by atoms with Crippen molar-refractivity contribution in [3.8, 4) is 5.75 Å². The van der Waals surface area contributed by atoms with Gasteiger partial charge in [0, 0.05) is 36.5 Å². The van der Waals surface area contributed by atoms with Crippen LogP contribution in [-0.2, 0) is 4.79 Å². The zero-order valence-corrected chi connectivity index (χ0v) is 15.0. The molecule has 1 aliphatic rings. The van der Waals surface area contributed by atoms with E-state index in [0.717, 1.165) is 0 Å². The van der Waals surface area contributed by atoms with Crippen molar-refractivity contribution >= 4 is 23.2 Å². The summed E-state index contributed by atoms with van der Waals surface area (Å²) in [6.07, 6.45) is 0. The number of amides is 2. The zero-order valence-electron chi connectivity index (χ0n) is 15.0. The summed E-state index contributed by atoms with van der Waals surface area (Å²) in [6, 6.07) is 12.0. The van der Waals surface area contributed by atoms with Crippen LogP contribution in [0.15, 0.2) is 48.5 Å². The molecule has 1 atom stereocenters. The molecule has 140 valence electrons. The molecule has 0 aliphatic carbocycles. The van der Waals surface area contributed by atoms with Gasteiger partial charge in [-0.05, 0) is 37.3 Å². The second kappa shape index (κ2) is 7.45. The van der Waals surface area contributed by atoms with Crippen LogP contribution in [0.1, 0.15) is 17.3 Å². The summed E-state index contributed by atoms with van der Waals surface area (Å²) < 4.78 is 5.15. The highest BCUT2D eigenvalue weighted by Crippen LogP contribution is 2.24. The molecule has 27 heavy (non-hydrogen) atoms. The third-order valence-corrected chi connectivity index (χ3v) is 4.61. The predicted molar refractivity (Wildman–Crippen MR) is 98.9 cm³/mol. The maximum absolute atomic E-state index is 12.8. The molecule has 1 fully saturated rings. The van der Waals surface area contributed by atoms with Crippen LogP contribution in [0.2, 0.25) is 0 Å². The SMILES string of the molecule is COc1cccc(C(=O)N2CCN(c3ccc([N+](=O)[O-])cc3)C(=O)[C@@H]2C)c1. The summed E-state index contributed by atoms with van der Waals surface area (Å²) in [7, 11) is 1.53. The summed E-state index contributed by atoms with van der Waals surface area (Å²) in [4.78, 5) is 39.0. The monoisotopic (exact) mass is 369 g/mol. The maximum atomic E-state index is 12.8. The topological polar surface area (TPSA) is 93.0 Å². The fourth-order valence-corrected chi connectivity index (χ4v) is 3.08. The minimum atomic E-state index is -0.646. The number of anilines is 1. The zero-order chi connectivity index (χ0) is 19.6. The summed E-state index contributed by atoms with van der Waals surface area (Å²) in [5.41, 5.74) is 0.995. The third kappa shape index (κ3) is 3.59. The van der Waals surface area contributed by atoms with Crippen LogP contribution in [-0.4, -0.2) is 47.9 Å². The van der Waals surface area contributed by atoms with Gasteiger partial charge in [0.25, 0.3) is 11.6 Å². The van der Waals surface area contributed by atoms with Gasteiger partial charge in [-0.2, -0.15) is 0 Å². The molecular weight excluding hydrogens is 350 g/mol. The number of carbonyl (C=O) groups is 2. The molecule has 0 bridgehead atoms. The number of nitro benzene ring substituents is 1. The fraction of sp³-hybridized carbons (Fsp3) is 0.263. The van der Waals surface area contributed by atoms with Gasteiger partial charge in [-0.15, -0.1) is 0 Å². The number of hydrogen-bond donors (Lipinski definition) is 0. The standard InChI is InChI=1S/C19H19N3O5/c1-13-18(23)21(15-6-8-16(9-7-15)22(25)26)11-10-20(13)19(24)14-4-3-5-17(12-14)27-2/h3-9,12-13H,10-11H2,1-2H3/t13-/m0/s1. The lowest BCUT2D eigenvalue weighted by molar-refractivity contribution is -0.384. The van der Waals surface area contributed by atoms with Gasteiger partial charge >= 0.3 is 0 Å². The second-order valence-electron chi connectivity index (χ2n) is 6.17. The molecule has 8 heteroatoms. The van der Waals surface area contributed by atoms with E-state index in [1.54, 1.807) is 48.2 Å². The Labute approximate surface area is 156 Å². The molecule has 0 aromatic heterocycles. The average Bonchev–Trinajstić information content (AvgIpc) is 2.69. The number of piperazine rings is 1. The summed E-state index contributed by atoms with van der Waals surface area (Å²) in [5.74, 6) is 0.105. The summed E-state index contributed by atoms with van der Waals surface area (Å²) in [6.45, 7) is 2.36. The molecule has 0 radical (unpaired) electrons. The largest absolute Gasteiger partial charge is 0.497 e. The average molecular weight is 369 g/mol. The first kappa shape index (κ1) is 18.4. The van der Waals surface area contributed by atoms with E-state index in [0.29, 0.717) is 30.1 Å². The van der Waals surface area contributed by atoms with E-state index in [4.69, 9.17) is 4.74 Å². The first-order valence-corrected chi connectivity index (χ1v) is 8.43. The van der Waals surface area contributed by atoms with E-state index in [9.17, 15) is 19.7 Å². The predicted octanol–water partition coefficient (Wildman–Crippen LogP) is 2.48. The van der Waals surface area contributed by atoms with Gasteiger partial charge in [-0.1, -0.05) is 6.07 Å². The van der Waals surface area contributed by atoms with Crippen LogP contribution in [0.5, 0.6) is 5.75 Å². The van der Waals surface area contributed by atoms with Crippen LogP contribution in [0.25, 0.3) is 0 Å². The first-order valence-electron chi connectivity index (χ1n) is 8.43. The Balaban J connectivity index is 1.77. The van der Waals surface area contributed by atoms with Crippen LogP contribution in [0.4, 0.5) is 11.4 Å². The fourth-order valence-electron chi connectivity index (χ4n) is 3.08. The molecule has 0 unspecified atom stereocenters. The third-order valence-electron chi connectivity index (χ3n) is 4.61. The number of benzene rings is 2. The Morgan fingerprint density at radius 1 is 1.19 bits per heavy atom. The molecule has 8 nitrogen and oxygen atoms in total. The number of non-ortho nitro benzene ring substituents is 1. The van der Waals surface area contributed by atoms with Gasteiger partial charge in [-0.25, -0.2) is 0 Å². The molecule has 1 saturated heterocycles. The molecule has 0 saturated carbocycles. The highest BCUT2D eigenvalue weighted by molar-refractivity contribution is 6.03. The van der Waals surface area contributed by atoms with Gasteiger partial charge in [0.15, 0.2) is 0 Å². The lowest BCUT2D eigenvalue weighted by Gasteiger charge is -2.39. The Hall–Kier alpha value is -3.42. The van der Waals surface area contributed by atoms with Gasteiger partial charge in [-0.3, -0.25) is 19.7 Å². The van der Waals surface area contributed by atoms with E-state index < -0.39 is 11.0 Å². The molecule has 0 spiro atoms. The van der Waals surface area contributed by atoms with Crippen molar-refractivity contribution in [3.05, 3.63) is 64.2 Å². The molecule has 2 aromatic rings. The normalized spacial score (nSPS) is 17.0. The summed E-state index contributed by atoms with van der Waals surface area (Å²) in [5, 5.41) is 10.8. The van der Waals surface area contributed by atoms with Crippen molar-refractivity contribution in [2.24, 2.45) is 0 Å². The lowest BCUT2D eigenvalue weighted by atomic mass is 10.1. The molecule has 2 aromatic carbocycles. The molecular formula is C19H19N3O5. The molecule has 0 N–H and O–H groups in total. The Morgan fingerprint density at radius 2 is 1.89 bits per heavy atom. The first-order chi connectivity index (χ1) is 12.9. The Bertz CT molecular complexity index is 881. The number of methoxy groups -OCH3 is 1. The number of carbonyl (C=O) groups excluding carboxylic acids is 2. The number of nitro groups is 1. The van der Waals surface area contributed by atoms with Crippen LogP contribution in [0, 0.1) is 10.1 Å². The number of ether oxygens (including phenoxy) is 1. The van der Waals surface area contributed by atoms with E-state index in [2.05, 4.69) is 0 Å².